The van der Waals surface area contributed by atoms with E-state index < -0.39 is 0 Å². The summed E-state index contributed by atoms with van der Waals surface area (Å²) in [5.41, 5.74) is 0. The number of piperazine rings is 1. The SMILES string of the molecule is CCOC(C)CN1CC(C(C)CC)NCC1C(C)C. The first-order valence-electron chi connectivity index (χ1n) is 8.08. The second-order valence-electron chi connectivity index (χ2n) is 6.43. The third-order valence-electron chi connectivity index (χ3n) is 4.53. The Bertz CT molecular complexity index is 245. The fourth-order valence-corrected chi connectivity index (χ4v) is 3.05. The Balaban J connectivity index is 2.62. The Hall–Kier alpha value is -0.120. The third-order valence-corrected chi connectivity index (χ3v) is 4.53. The van der Waals surface area contributed by atoms with Crippen LogP contribution in [-0.4, -0.2) is 49.3 Å². The van der Waals surface area contributed by atoms with E-state index in [-0.39, 0.29) is 0 Å². The summed E-state index contributed by atoms with van der Waals surface area (Å²) >= 11 is 0. The average molecular weight is 270 g/mol. The van der Waals surface area contributed by atoms with Gasteiger partial charge in [-0.05, 0) is 25.7 Å². The zero-order chi connectivity index (χ0) is 14.4. The Labute approximate surface area is 120 Å². The van der Waals surface area contributed by atoms with Gasteiger partial charge in [0.1, 0.15) is 0 Å². The van der Waals surface area contributed by atoms with Crippen LogP contribution in [0, 0.1) is 11.8 Å². The molecule has 0 saturated carbocycles. The van der Waals surface area contributed by atoms with Crippen LogP contribution in [0.25, 0.3) is 0 Å². The molecule has 1 fully saturated rings. The number of rotatable bonds is 7. The largest absolute Gasteiger partial charge is 0.377 e. The minimum atomic E-state index is 0.335. The lowest BCUT2D eigenvalue weighted by atomic mass is 9.92. The molecule has 0 spiro atoms. The van der Waals surface area contributed by atoms with Crippen LogP contribution in [0.5, 0.6) is 0 Å². The van der Waals surface area contributed by atoms with Gasteiger partial charge in [0.25, 0.3) is 0 Å². The van der Waals surface area contributed by atoms with Crippen molar-refractivity contribution in [3.63, 3.8) is 0 Å². The molecule has 3 heteroatoms. The van der Waals surface area contributed by atoms with Gasteiger partial charge in [0.15, 0.2) is 0 Å². The van der Waals surface area contributed by atoms with Crippen molar-refractivity contribution in [2.45, 2.75) is 66.2 Å². The predicted octanol–water partition coefficient (Wildman–Crippen LogP) is 2.76. The second-order valence-corrected chi connectivity index (χ2v) is 6.43. The van der Waals surface area contributed by atoms with Crippen molar-refractivity contribution in [1.29, 1.82) is 0 Å². The van der Waals surface area contributed by atoms with Crippen LogP contribution < -0.4 is 5.32 Å². The maximum atomic E-state index is 5.73. The second kappa shape index (κ2) is 8.23. The molecule has 1 aliphatic rings. The molecule has 0 amide bonds. The van der Waals surface area contributed by atoms with Crippen molar-refractivity contribution < 1.29 is 4.74 Å². The van der Waals surface area contributed by atoms with Gasteiger partial charge in [0, 0.05) is 38.3 Å². The Kier molecular flexibility index (Phi) is 7.33. The molecule has 0 aromatic rings. The van der Waals surface area contributed by atoms with Gasteiger partial charge >= 0.3 is 0 Å². The molecule has 4 unspecified atom stereocenters. The van der Waals surface area contributed by atoms with E-state index in [1.807, 2.05) is 0 Å². The number of hydrogen-bond acceptors (Lipinski definition) is 3. The summed E-state index contributed by atoms with van der Waals surface area (Å²) in [5.74, 6) is 1.44. The Morgan fingerprint density at radius 1 is 1.21 bits per heavy atom. The van der Waals surface area contributed by atoms with Crippen LogP contribution >= 0.6 is 0 Å². The van der Waals surface area contributed by atoms with Gasteiger partial charge in [-0.15, -0.1) is 0 Å². The van der Waals surface area contributed by atoms with E-state index in [0.717, 1.165) is 32.2 Å². The maximum absolute atomic E-state index is 5.73. The first-order valence-corrected chi connectivity index (χ1v) is 8.08. The van der Waals surface area contributed by atoms with Gasteiger partial charge in [-0.1, -0.05) is 34.1 Å². The summed E-state index contributed by atoms with van der Waals surface area (Å²) in [6.45, 7) is 17.7. The Morgan fingerprint density at radius 2 is 1.89 bits per heavy atom. The monoisotopic (exact) mass is 270 g/mol. The van der Waals surface area contributed by atoms with Crippen molar-refractivity contribution in [2.24, 2.45) is 11.8 Å². The van der Waals surface area contributed by atoms with E-state index in [2.05, 4.69) is 51.8 Å². The van der Waals surface area contributed by atoms with E-state index in [1.54, 1.807) is 0 Å². The third kappa shape index (κ3) is 5.05. The van der Waals surface area contributed by atoms with Crippen LogP contribution in [0.3, 0.4) is 0 Å². The molecule has 1 saturated heterocycles. The highest BCUT2D eigenvalue weighted by Crippen LogP contribution is 2.20. The summed E-state index contributed by atoms with van der Waals surface area (Å²) in [6.07, 6.45) is 1.58. The minimum absolute atomic E-state index is 0.335. The summed E-state index contributed by atoms with van der Waals surface area (Å²) in [5, 5.41) is 3.75. The fourth-order valence-electron chi connectivity index (χ4n) is 3.05. The predicted molar refractivity (Wildman–Crippen MR) is 82.5 cm³/mol. The van der Waals surface area contributed by atoms with Gasteiger partial charge in [-0.25, -0.2) is 0 Å². The molecule has 114 valence electrons. The first kappa shape index (κ1) is 16.9. The smallest absolute Gasteiger partial charge is 0.0673 e. The molecule has 4 atom stereocenters. The molecule has 1 rings (SSSR count). The van der Waals surface area contributed by atoms with Crippen molar-refractivity contribution in [3.8, 4) is 0 Å². The normalized spacial score (nSPS) is 28.6. The molecule has 3 nitrogen and oxygen atoms in total. The van der Waals surface area contributed by atoms with Crippen LogP contribution in [0.2, 0.25) is 0 Å². The summed E-state index contributed by atoms with van der Waals surface area (Å²) < 4.78 is 5.73. The minimum Gasteiger partial charge on any atom is -0.377 e. The zero-order valence-electron chi connectivity index (χ0n) is 13.8. The van der Waals surface area contributed by atoms with Gasteiger partial charge in [-0.2, -0.15) is 0 Å². The van der Waals surface area contributed by atoms with Gasteiger partial charge in [0.2, 0.25) is 0 Å². The summed E-state index contributed by atoms with van der Waals surface area (Å²) in [7, 11) is 0. The van der Waals surface area contributed by atoms with Crippen LogP contribution in [0.1, 0.15) is 48.0 Å². The Morgan fingerprint density at radius 3 is 2.42 bits per heavy atom. The fraction of sp³-hybridized carbons (Fsp3) is 1.00. The lowest BCUT2D eigenvalue weighted by molar-refractivity contribution is 0.00566. The molecule has 0 radical (unpaired) electrons. The van der Waals surface area contributed by atoms with Crippen LogP contribution in [0.4, 0.5) is 0 Å². The van der Waals surface area contributed by atoms with E-state index in [1.165, 1.54) is 6.42 Å². The number of nitrogens with zero attached hydrogens (tertiary/aromatic N) is 1. The van der Waals surface area contributed by atoms with E-state index in [4.69, 9.17) is 4.74 Å². The van der Waals surface area contributed by atoms with Crippen molar-refractivity contribution in [2.75, 3.05) is 26.2 Å². The van der Waals surface area contributed by atoms with Gasteiger partial charge < -0.3 is 10.1 Å². The first-order chi connectivity index (χ1) is 8.99. The van der Waals surface area contributed by atoms with E-state index >= 15 is 0 Å². The average Bonchev–Trinajstić information content (AvgIpc) is 2.37. The topological polar surface area (TPSA) is 24.5 Å². The zero-order valence-corrected chi connectivity index (χ0v) is 13.8. The van der Waals surface area contributed by atoms with Crippen molar-refractivity contribution in [3.05, 3.63) is 0 Å². The highest BCUT2D eigenvalue weighted by Gasteiger charge is 2.32. The molecule has 1 N–H and O–H groups in total. The highest BCUT2D eigenvalue weighted by molar-refractivity contribution is 4.90. The van der Waals surface area contributed by atoms with Crippen molar-refractivity contribution in [1.82, 2.24) is 10.2 Å². The maximum Gasteiger partial charge on any atom is 0.0673 e. The van der Waals surface area contributed by atoms with Crippen molar-refractivity contribution >= 4 is 0 Å². The molecule has 1 aliphatic heterocycles. The highest BCUT2D eigenvalue weighted by atomic mass is 16.5. The molecule has 1 heterocycles. The lowest BCUT2D eigenvalue weighted by Gasteiger charge is -2.45. The summed E-state index contributed by atoms with van der Waals surface area (Å²) in [4.78, 5) is 2.65. The number of ether oxygens (including phenoxy) is 1. The quantitative estimate of drug-likeness (QED) is 0.770. The number of nitrogens with one attached hydrogen (secondary N) is 1. The number of hydrogen-bond donors (Lipinski definition) is 1. The molecule has 0 aromatic carbocycles. The molecular weight excluding hydrogens is 236 g/mol. The molecule has 0 aromatic heterocycles. The van der Waals surface area contributed by atoms with Gasteiger partial charge in [0.05, 0.1) is 6.10 Å². The van der Waals surface area contributed by atoms with Crippen LogP contribution in [-0.2, 0) is 4.74 Å². The van der Waals surface area contributed by atoms with Gasteiger partial charge in [-0.3, -0.25) is 4.90 Å². The molecule has 0 bridgehead atoms. The molecule has 19 heavy (non-hydrogen) atoms. The standard InChI is InChI=1S/C16H34N2O/c1-7-13(5)15-11-18(10-14(6)19-8-2)16(9-17-15)12(3)4/h12-17H,7-11H2,1-6H3. The van der Waals surface area contributed by atoms with E-state index in [9.17, 15) is 0 Å². The van der Waals surface area contributed by atoms with Crippen LogP contribution in [0.15, 0.2) is 0 Å². The molecular formula is C16H34N2O. The van der Waals surface area contributed by atoms with E-state index in [0.29, 0.717) is 24.1 Å². The lowest BCUT2D eigenvalue weighted by Crippen LogP contribution is -2.61. The molecule has 0 aliphatic carbocycles. The summed E-state index contributed by atoms with van der Waals surface area (Å²) in [6, 6.07) is 1.28.